The van der Waals surface area contributed by atoms with Crippen LogP contribution in [0, 0.1) is 5.41 Å². The van der Waals surface area contributed by atoms with Crippen LogP contribution in [-0.4, -0.2) is 58.3 Å². The van der Waals surface area contributed by atoms with Crippen LogP contribution in [-0.2, 0) is 9.53 Å². The van der Waals surface area contributed by atoms with Crippen LogP contribution in [0.15, 0.2) is 11.6 Å². The van der Waals surface area contributed by atoms with Crippen LogP contribution < -0.4 is 5.32 Å². The molecule has 0 aromatic carbocycles. The van der Waals surface area contributed by atoms with Crippen molar-refractivity contribution in [3.05, 3.63) is 11.6 Å². The molecule has 1 spiro atoms. The minimum atomic E-state index is -1.22. The minimum absolute atomic E-state index is 0.0532. The van der Waals surface area contributed by atoms with E-state index in [-0.39, 0.29) is 29.9 Å². The molecule has 3 rings (SSSR count). The van der Waals surface area contributed by atoms with E-state index < -0.39 is 18.3 Å². The average molecular weight is 325 g/mol. The van der Waals surface area contributed by atoms with E-state index in [1.54, 1.807) is 0 Å². The van der Waals surface area contributed by atoms with E-state index in [0.29, 0.717) is 12.2 Å². The van der Waals surface area contributed by atoms with Gasteiger partial charge in [-0.1, -0.05) is 12.8 Å². The van der Waals surface area contributed by atoms with Crippen LogP contribution in [0.1, 0.15) is 45.4 Å². The fraction of sp³-hybridized carbons (Fsp3) is 0.824. The standard InChI is InChI=1S/C17H27NO5/c1-2-23-14-9-13(17(14)5-3-4-6-17)18-16(22)10-7-11(19)15(21)12(20)8-10/h7,11-15,19-21H,2-6,8-9H2,1H3,(H,18,22)/t11-,12-,13?,14?,15-/m1/s1. The van der Waals surface area contributed by atoms with E-state index in [0.717, 1.165) is 19.3 Å². The molecule has 0 aromatic rings. The van der Waals surface area contributed by atoms with Crippen LogP contribution >= 0.6 is 0 Å². The number of aliphatic hydroxyl groups is 3. The van der Waals surface area contributed by atoms with E-state index in [1.807, 2.05) is 6.92 Å². The SMILES string of the molecule is CCOC1CC(NC(=O)C2=C[C@@H](O)[C@@H](O)[C@H](O)C2)C12CCCC2. The van der Waals surface area contributed by atoms with Gasteiger partial charge < -0.3 is 25.4 Å². The van der Waals surface area contributed by atoms with Crippen LogP contribution in [0.4, 0.5) is 0 Å². The number of hydrogen-bond acceptors (Lipinski definition) is 5. The van der Waals surface area contributed by atoms with Crippen molar-refractivity contribution in [2.75, 3.05) is 6.61 Å². The molecule has 23 heavy (non-hydrogen) atoms. The summed E-state index contributed by atoms with van der Waals surface area (Å²) >= 11 is 0. The zero-order valence-electron chi connectivity index (χ0n) is 13.6. The summed E-state index contributed by atoms with van der Waals surface area (Å²) in [6, 6.07) is 0.0936. The Kier molecular flexibility index (Phi) is 4.78. The summed E-state index contributed by atoms with van der Waals surface area (Å²) < 4.78 is 5.84. The Bertz CT molecular complexity index is 485. The maximum Gasteiger partial charge on any atom is 0.247 e. The van der Waals surface area contributed by atoms with Gasteiger partial charge in [0.25, 0.3) is 0 Å². The fourth-order valence-electron chi connectivity index (χ4n) is 4.45. The highest BCUT2D eigenvalue weighted by molar-refractivity contribution is 5.94. The first-order valence-corrected chi connectivity index (χ1v) is 8.65. The average Bonchev–Trinajstić information content (AvgIpc) is 3.03. The Morgan fingerprint density at radius 1 is 1.35 bits per heavy atom. The van der Waals surface area contributed by atoms with Gasteiger partial charge in [-0.15, -0.1) is 0 Å². The Labute approximate surface area is 136 Å². The molecule has 3 aliphatic rings. The Morgan fingerprint density at radius 2 is 2.04 bits per heavy atom. The predicted molar refractivity (Wildman–Crippen MR) is 83.6 cm³/mol. The zero-order chi connectivity index (χ0) is 16.6. The van der Waals surface area contributed by atoms with Gasteiger partial charge in [0.2, 0.25) is 5.91 Å². The summed E-state index contributed by atoms with van der Waals surface area (Å²) in [5.41, 5.74) is 0.404. The first-order valence-electron chi connectivity index (χ1n) is 8.65. The lowest BCUT2D eigenvalue weighted by Crippen LogP contribution is -2.64. The minimum Gasteiger partial charge on any atom is -0.390 e. The van der Waals surface area contributed by atoms with Crippen molar-refractivity contribution < 1.29 is 24.9 Å². The van der Waals surface area contributed by atoms with E-state index in [2.05, 4.69) is 5.32 Å². The molecule has 1 amide bonds. The van der Waals surface area contributed by atoms with Crippen molar-refractivity contribution >= 4 is 5.91 Å². The van der Waals surface area contributed by atoms with Crippen molar-refractivity contribution in [1.82, 2.24) is 5.32 Å². The van der Waals surface area contributed by atoms with Gasteiger partial charge in [-0.2, -0.15) is 0 Å². The predicted octanol–water partition coefficient (Wildman–Crippen LogP) is 0.253. The third kappa shape index (κ3) is 2.93. The molecule has 130 valence electrons. The molecule has 6 heteroatoms. The first-order chi connectivity index (χ1) is 11.0. The van der Waals surface area contributed by atoms with Crippen molar-refractivity contribution in [3.8, 4) is 0 Å². The van der Waals surface area contributed by atoms with Crippen LogP contribution in [0.25, 0.3) is 0 Å². The number of nitrogens with one attached hydrogen (secondary N) is 1. The summed E-state index contributed by atoms with van der Waals surface area (Å²) in [5, 5.41) is 32.1. The topological polar surface area (TPSA) is 99.0 Å². The van der Waals surface area contributed by atoms with Gasteiger partial charge in [0.15, 0.2) is 0 Å². The van der Waals surface area contributed by atoms with E-state index in [9.17, 15) is 20.1 Å². The Hall–Kier alpha value is -0.950. The van der Waals surface area contributed by atoms with Crippen LogP contribution in [0.2, 0.25) is 0 Å². The highest BCUT2D eigenvalue weighted by Crippen LogP contribution is 2.54. The molecule has 4 N–H and O–H groups in total. The summed E-state index contributed by atoms with van der Waals surface area (Å²) in [4.78, 5) is 12.5. The third-order valence-corrected chi connectivity index (χ3v) is 5.83. The molecule has 0 heterocycles. The smallest absolute Gasteiger partial charge is 0.247 e. The van der Waals surface area contributed by atoms with Gasteiger partial charge in [-0.25, -0.2) is 0 Å². The highest BCUT2D eigenvalue weighted by atomic mass is 16.5. The van der Waals surface area contributed by atoms with Gasteiger partial charge in [0.05, 0.1) is 12.2 Å². The van der Waals surface area contributed by atoms with E-state index in [1.165, 1.54) is 18.9 Å². The number of rotatable bonds is 4. The van der Waals surface area contributed by atoms with Gasteiger partial charge in [-0.05, 0) is 32.3 Å². The van der Waals surface area contributed by atoms with Gasteiger partial charge in [0.1, 0.15) is 12.2 Å². The molecule has 6 nitrogen and oxygen atoms in total. The fourth-order valence-corrected chi connectivity index (χ4v) is 4.45. The Morgan fingerprint density at radius 3 is 2.65 bits per heavy atom. The molecule has 0 saturated heterocycles. The number of hydrogen-bond donors (Lipinski definition) is 4. The summed E-state index contributed by atoms with van der Waals surface area (Å²) in [7, 11) is 0. The molecule has 0 aromatic heterocycles. The molecule has 0 bridgehead atoms. The van der Waals surface area contributed by atoms with Crippen molar-refractivity contribution in [2.24, 2.45) is 5.41 Å². The lowest BCUT2D eigenvalue weighted by atomic mass is 9.60. The lowest BCUT2D eigenvalue weighted by molar-refractivity contribution is -0.142. The molecule has 2 unspecified atom stereocenters. The Balaban J connectivity index is 1.65. The third-order valence-electron chi connectivity index (χ3n) is 5.83. The number of ether oxygens (including phenoxy) is 1. The summed E-state index contributed by atoms with van der Waals surface area (Å²) in [6.45, 7) is 2.68. The van der Waals surface area contributed by atoms with E-state index >= 15 is 0 Å². The second kappa shape index (κ2) is 6.51. The monoisotopic (exact) mass is 325 g/mol. The zero-order valence-corrected chi connectivity index (χ0v) is 13.6. The molecule has 2 saturated carbocycles. The number of amides is 1. The van der Waals surface area contributed by atoms with Gasteiger partial charge in [0, 0.05) is 30.1 Å². The van der Waals surface area contributed by atoms with Crippen LogP contribution in [0.5, 0.6) is 0 Å². The van der Waals surface area contributed by atoms with Crippen LogP contribution in [0.3, 0.4) is 0 Å². The quantitative estimate of drug-likeness (QED) is 0.594. The second-order valence-electron chi connectivity index (χ2n) is 7.09. The molecule has 0 aliphatic heterocycles. The maximum absolute atomic E-state index is 12.5. The number of carbonyl (C=O) groups is 1. The summed E-state index contributed by atoms with van der Waals surface area (Å²) in [5.74, 6) is -0.249. The molecule has 2 fully saturated rings. The maximum atomic E-state index is 12.5. The molecule has 3 aliphatic carbocycles. The van der Waals surface area contributed by atoms with E-state index in [4.69, 9.17) is 4.74 Å². The largest absolute Gasteiger partial charge is 0.390 e. The van der Waals surface area contributed by atoms with Gasteiger partial charge in [-0.3, -0.25) is 4.79 Å². The number of aliphatic hydroxyl groups excluding tert-OH is 3. The van der Waals surface area contributed by atoms with Gasteiger partial charge >= 0.3 is 0 Å². The van der Waals surface area contributed by atoms with Crippen molar-refractivity contribution in [1.29, 1.82) is 0 Å². The highest BCUT2D eigenvalue weighted by Gasteiger charge is 2.57. The lowest BCUT2D eigenvalue weighted by Gasteiger charge is -2.54. The van der Waals surface area contributed by atoms with Crippen molar-refractivity contribution in [2.45, 2.75) is 75.9 Å². The molecule has 5 atom stereocenters. The molecular formula is C17H27NO5. The second-order valence-corrected chi connectivity index (χ2v) is 7.09. The molecular weight excluding hydrogens is 298 g/mol. The van der Waals surface area contributed by atoms with Crippen molar-refractivity contribution in [3.63, 3.8) is 0 Å². The summed E-state index contributed by atoms with van der Waals surface area (Å²) in [6.07, 6.45) is 3.43. The molecule has 0 radical (unpaired) electrons. The first kappa shape index (κ1) is 16.9. The number of carbonyl (C=O) groups excluding carboxylic acids is 1. The normalized spacial score (nSPS) is 39.0.